The fraction of sp³-hybridized carbons (Fsp3) is 0.636. The van der Waals surface area contributed by atoms with Gasteiger partial charge in [-0.1, -0.05) is 27.7 Å². The predicted molar refractivity (Wildman–Crippen MR) is 68.7 cm³/mol. The van der Waals surface area contributed by atoms with Crippen LogP contribution in [0.2, 0.25) is 5.28 Å². The summed E-state index contributed by atoms with van der Waals surface area (Å²) >= 11 is 5.68. The van der Waals surface area contributed by atoms with E-state index in [0.717, 1.165) is 6.20 Å². The van der Waals surface area contributed by atoms with Crippen LogP contribution < -0.4 is 5.32 Å². The fourth-order valence-corrected chi connectivity index (χ4v) is 2.42. The molecular formula is C11H15ClN4O2. The highest BCUT2D eigenvalue weighted by atomic mass is 35.5. The minimum Gasteiger partial charge on any atom is -0.360 e. The third kappa shape index (κ3) is 1.80. The highest BCUT2D eigenvalue weighted by Crippen LogP contribution is 2.63. The van der Waals surface area contributed by atoms with Gasteiger partial charge in [0.1, 0.15) is 6.20 Å². The Labute approximate surface area is 110 Å². The number of halogens is 1. The van der Waals surface area contributed by atoms with Crippen LogP contribution in [0.25, 0.3) is 0 Å². The molecular weight excluding hydrogens is 256 g/mol. The maximum atomic E-state index is 10.9. The topological polar surface area (TPSA) is 81.0 Å². The van der Waals surface area contributed by atoms with Crippen molar-refractivity contribution in [3.05, 3.63) is 21.6 Å². The molecule has 1 N–H and O–H groups in total. The van der Waals surface area contributed by atoms with Crippen molar-refractivity contribution in [2.75, 3.05) is 5.32 Å². The van der Waals surface area contributed by atoms with Crippen molar-refractivity contribution in [3.63, 3.8) is 0 Å². The molecule has 1 fully saturated rings. The molecule has 0 unspecified atom stereocenters. The van der Waals surface area contributed by atoms with Crippen molar-refractivity contribution >= 4 is 23.1 Å². The summed E-state index contributed by atoms with van der Waals surface area (Å²) in [6.45, 7) is 8.44. The first-order valence-corrected chi connectivity index (χ1v) is 5.99. The Balaban J connectivity index is 2.31. The maximum Gasteiger partial charge on any atom is 0.329 e. The molecule has 2 rings (SSSR count). The molecule has 0 saturated heterocycles. The Morgan fingerprint density at radius 3 is 2.39 bits per heavy atom. The smallest absolute Gasteiger partial charge is 0.329 e. The highest BCUT2D eigenvalue weighted by Gasteiger charge is 2.65. The van der Waals surface area contributed by atoms with Crippen LogP contribution >= 0.6 is 11.6 Å². The largest absolute Gasteiger partial charge is 0.360 e. The average molecular weight is 271 g/mol. The minimum atomic E-state index is -0.513. The van der Waals surface area contributed by atoms with Gasteiger partial charge in [-0.05, 0) is 22.4 Å². The molecule has 7 heteroatoms. The van der Waals surface area contributed by atoms with E-state index in [1.165, 1.54) is 0 Å². The Morgan fingerprint density at radius 1 is 1.39 bits per heavy atom. The Kier molecular flexibility index (Phi) is 2.73. The summed E-state index contributed by atoms with van der Waals surface area (Å²) in [7, 11) is 0. The molecule has 0 aromatic carbocycles. The number of hydrogen-bond donors (Lipinski definition) is 1. The number of hydrogen-bond acceptors (Lipinski definition) is 5. The number of aromatic nitrogens is 2. The number of nitrogens with zero attached hydrogens (tertiary/aromatic N) is 3. The molecule has 1 aliphatic rings. The second-order valence-electron chi connectivity index (χ2n) is 5.65. The summed E-state index contributed by atoms with van der Waals surface area (Å²) in [4.78, 5) is 17.9. The standard InChI is InChI=1S/C11H15ClN4O2/c1-10(2)8(11(10,3)4)14-7-6(16(17)18)5-13-9(12)15-7/h5,8H,1-4H3,(H,13,14,15). The van der Waals surface area contributed by atoms with Crippen LogP contribution in [-0.4, -0.2) is 20.9 Å². The molecule has 1 heterocycles. The molecule has 18 heavy (non-hydrogen) atoms. The van der Waals surface area contributed by atoms with Gasteiger partial charge >= 0.3 is 5.69 Å². The monoisotopic (exact) mass is 270 g/mol. The first-order chi connectivity index (χ1) is 8.18. The summed E-state index contributed by atoms with van der Waals surface area (Å²) in [5.74, 6) is 0.184. The average Bonchev–Trinajstić information content (AvgIpc) is 2.60. The summed E-state index contributed by atoms with van der Waals surface area (Å²) in [5.41, 5.74) is -0.0470. The normalized spacial score (nSPS) is 20.5. The lowest BCUT2D eigenvalue weighted by Crippen LogP contribution is -2.13. The van der Waals surface area contributed by atoms with E-state index in [-0.39, 0.29) is 33.7 Å². The molecule has 6 nitrogen and oxygen atoms in total. The molecule has 0 aliphatic heterocycles. The summed E-state index contributed by atoms with van der Waals surface area (Å²) in [6.07, 6.45) is 1.13. The molecule has 98 valence electrons. The number of anilines is 1. The molecule has 1 aromatic heterocycles. The zero-order valence-electron chi connectivity index (χ0n) is 10.7. The van der Waals surface area contributed by atoms with Gasteiger partial charge < -0.3 is 5.32 Å². The van der Waals surface area contributed by atoms with Crippen LogP contribution in [-0.2, 0) is 0 Å². The Hall–Kier alpha value is -1.43. The minimum absolute atomic E-state index is 0.000591. The van der Waals surface area contributed by atoms with Gasteiger partial charge in [0.15, 0.2) is 0 Å². The molecule has 0 radical (unpaired) electrons. The van der Waals surface area contributed by atoms with Crippen molar-refractivity contribution in [1.29, 1.82) is 0 Å². The van der Waals surface area contributed by atoms with Crippen molar-refractivity contribution in [2.45, 2.75) is 33.7 Å². The number of nitrogens with one attached hydrogen (secondary N) is 1. The number of nitro groups is 1. The SMILES string of the molecule is CC1(C)C(Nc2nc(Cl)ncc2[N+](=O)[O-])C1(C)C. The van der Waals surface area contributed by atoms with Crippen LogP contribution in [0.1, 0.15) is 27.7 Å². The van der Waals surface area contributed by atoms with Gasteiger partial charge in [0.05, 0.1) is 4.92 Å². The second kappa shape index (κ2) is 3.78. The maximum absolute atomic E-state index is 10.9. The van der Waals surface area contributed by atoms with Gasteiger partial charge in [0, 0.05) is 6.04 Å². The second-order valence-corrected chi connectivity index (χ2v) is 5.99. The Bertz CT molecular complexity index is 502. The van der Waals surface area contributed by atoms with Gasteiger partial charge in [-0.3, -0.25) is 10.1 Å². The first-order valence-electron chi connectivity index (χ1n) is 5.61. The van der Waals surface area contributed by atoms with E-state index < -0.39 is 4.92 Å². The van der Waals surface area contributed by atoms with Crippen LogP contribution in [0.15, 0.2) is 6.20 Å². The lowest BCUT2D eigenvalue weighted by molar-refractivity contribution is -0.384. The first kappa shape index (κ1) is 13.0. The van der Waals surface area contributed by atoms with Crippen LogP contribution in [0.4, 0.5) is 11.5 Å². The van der Waals surface area contributed by atoms with Crippen molar-refractivity contribution in [3.8, 4) is 0 Å². The molecule has 1 saturated carbocycles. The molecule has 1 aliphatic carbocycles. The molecule has 0 atom stereocenters. The van der Waals surface area contributed by atoms with Crippen LogP contribution in [0.3, 0.4) is 0 Å². The van der Waals surface area contributed by atoms with Gasteiger partial charge in [0.2, 0.25) is 11.1 Å². The number of rotatable bonds is 3. The van der Waals surface area contributed by atoms with E-state index in [0.29, 0.717) is 0 Å². The van der Waals surface area contributed by atoms with Crippen LogP contribution in [0.5, 0.6) is 0 Å². The molecule has 0 bridgehead atoms. The van der Waals surface area contributed by atoms with E-state index in [1.54, 1.807) is 0 Å². The molecule has 0 spiro atoms. The fourth-order valence-electron chi connectivity index (χ4n) is 2.29. The van der Waals surface area contributed by atoms with E-state index in [2.05, 4.69) is 43.0 Å². The summed E-state index contributed by atoms with van der Waals surface area (Å²) in [6, 6.07) is 0.120. The molecule has 1 aromatic rings. The van der Waals surface area contributed by atoms with E-state index in [4.69, 9.17) is 11.6 Å². The Morgan fingerprint density at radius 2 is 1.94 bits per heavy atom. The van der Waals surface area contributed by atoms with E-state index in [9.17, 15) is 10.1 Å². The van der Waals surface area contributed by atoms with Crippen molar-refractivity contribution in [1.82, 2.24) is 9.97 Å². The third-order valence-corrected chi connectivity index (χ3v) is 4.42. The van der Waals surface area contributed by atoms with E-state index >= 15 is 0 Å². The third-order valence-electron chi connectivity index (χ3n) is 4.24. The van der Waals surface area contributed by atoms with Gasteiger partial charge in [-0.2, -0.15) is 4.98 Å². The molecule has 0 amide bonds. The zero-order valence-corrected chi connectivity index (χ0v) is 11.4. The van der Waals surface area contributed by atoms with Crippen molar-refractivity contribution < 1.29 is 4.92 Å². The summed E-state index contributed by atoms with van der Waals surface area (Å²) < 4.78 is 0. The van der Waals surface area contributed by atoms with Crippen molar-refractivity contribution in [2.24, 2.45) is 10.8 Å². The predicted octanol–water partition coefficient (Wildman–Crippen LogP) is 2.88. The lowest BCUT2D eigenvalue weighted by atomic mass is 10.0. The van der Waals surface area contributed by atoms with Gasteiger partial charge in [-0.25, -0.2) is 4.98 Å². The zero-order chi connectivity index (χ0) is 13.7. The summed E-state index contributed by atoms with van der Waals surface area (Å²) in [5, 5.41) is 14.0. The highest BCUT2D eigenvalue weighted by molar-refractivity contribution is 6.28. The van der Waals surface area contributed by atoms with Gasteiger partial charge in [0.25, 0.3) is 0 Å². The van der Waals surface area contributed by atoms with E-state index in [1.807, 2.05) is 0 Å². The lowest BCUT2D eigenvalue weighted by Gasteiger charge is -2.07. The van der Waals surface area contributed by atoms with Crippen LogP contribution in [0, 0.1) is 20.9 Å². The van der Waals surface area contributed by atoms with Gasteiger partial charge in [-0.15, -0.1) is 0 Å². The quantitative estimate of drug-likeness (QED) is 0.519.